The molecule has 0 bridgehead atoms. The third-order valence-corrected chi connectivity index (χ3v) is 4.02. The Morgan fingerprint density at radius 3 is 2.35 bits per heavy atom. The van der Waals surface area contributed by atoms with Crippen LogP contribution in [0.25, 0.3) is 0 Å². The largest absolute Gasteiger partial charge is 0.383 e. The van der Waals surface area contributed by atoms with E-state index in [9.17, 15) is 10.1 Å². The van der Waals surface area contributed by atoms with Crippen molar-refractivity contribution < 1.29 is 9.53 Å². The van der Waals surface area contributed by atoms with Crippen LogP contribution in [0.5, 0.6) is 0 Å². The molecule has 0 aromatic heterocycles. The van der Waals surface area contributed by atoms with E-state index in [2.05, 4.69) is 19.9 Å². The predicted molar refractivity (Wildman–Crippen MR) is 79.0 cm³/mol. The van der Waals surface area contributed by atoms with Crippen LogP contribution < -0.4 is 0 Å². The smallest absolute Gasteiger partial charge is 0.243 e. The Kier molecular flexibility index (Phi) is 7.01. The van der Waals surface area contributed by atoms with Gasteiger partial charge < -0.3 is 9.64 Å². The first-order chi connectivity index (χ1) is 9.55. The summed E-state index contributed by atoms with van der Waals surface area (Å²) < 4.78 is 5.11. The number of carbonyl (C=O) groups excluding carboxylic acids is 1. The van der Waals surface area contributed by atoms with Crippen LogP contribution in [0.2, 0.25) is 0 Å². The van der Waals surface area contributed by atoms with Gasteiger partial charge in [0.05, 0.1) is 12.7 Å². The molecule has 1 aliphatic carbocycles. The van der Waals surface area contributed by atoms with Crippen LogP contribution in [0.3, 0.4) is 0 Å². The summed E-state index contributed by atoms with van der Waals surface area (Å²) in [4.78, 5) is 14.7. The highest BCUT2D eigenvalue weighted by Gasteiger charge is 2.41. The van der Waals surface area contributed by atoms with Gasteiger partial charge in [-0.2, -0.15) is 5.26 Å². The highest BCUT2D eigenvalue weighted by atomic mass is 16.5. The summed E-state index contributed by atoms with van der Waals surface area (Å²) in [5, 5.41) is 9.62. The van der Waals surface area contributed by atoms with Crippen molar-refractivity contribution in [1.82, 2.24) is 4.90 Å². The van der Waals surface area contributed by atoms with Crippen LogP contribution >= 0.6 is 0 Å². The van der Waals surface area contributed by atoms with Crippen molar-refractivity contribution in [1.29, 1.82) is 5.26 Å². The Balaban J connectivity index is 2.85. The summed E-state index contributed by atoms with van der Waals surface area (Å²) >= 11 is 0. The molecule has 1 aliphatic rings. The van der Waals surface area contributed by atoms with Gasteiger partial charge in [-0.3, -0.25) is 4.79 Å². The lowest BCUT2D eigenvalue weighted by molar-refractivity contribution is -0.141. The first-order valence-corrected chi connectivity index (χ1v) is 7.75. The van der Waals surface area contributed by atoms with Crippen molar-refractivity contribution in [2.75, 3.05) is 26.8 Å². The minimum Gasteiger partial charge on any atom is -0.383 e. The SMILES string of the molecule is COCCN(CC(C)C)C(=O)C1(C#N)CCCCCC1. The lowest BCUT2D eigenvalue weighted by Gasteiger charge is -2.33. The molecule has 1 fully saturated rings. The van der Waals surface area contributed by atoms with Crippen LogP contribution in [0.15, 0.2) is 0 Å². The van der Waals surface area contributed by atoms with Crippen LogP contribution in [0.1, 0.15) is 52.4 Å². The highest BCUT2D eigenvalue weighted by Crippen LogP contribution is 2.36. The second-order valence-corrected chi connectivity index (χ2v) is 6.25. The fraction of sp³-hybridized carbons (Fsp3) is 0.875. The molecule has 0 N–H and O–H groups in total. The van der Waals surface area contributed by atoms with Gasteiger partial charge in [0.2, 0.25) is 5.91 Å². The van der Waals surface area contributed by atoms with Crippen molar-refractivity contribution in [3.05, 3.63) is 0 Å². The molecule has 0 aliphatic heterocycles. The highest BCUT2D eigenvalue weighted by molar-refractivity contribution is 5.85. The number of rotatable bonds is 6. The van der Waals surface area contributed by atoms with Crippen molar-refractivity contribution in [3.8, 4) is 6.07 Å². The van der Waals surface area contributed by atoms with Crippen molar-refractivity contribution in [2.45, 2.75) is 52.4 Å². The minimum atomic E-state index is -0.793. The minimum absolute atomic E-state index is 0.0210. The average molecular weight is 280 g/mol. The third-order valence-electron chi connectivity index (χ3n) is 4.02. The van der Waals surface area contributed by atoms with E-state index in [0.29, 0.717) is 38.5 Å². The number of carbonyl (C=O) groups is 1. The Bertz CT molecular complexity index is 339. The van der Waals surface area contributed by atoms with Crippen LogP contribution in [-0.2, 0) is 9.53 Å². The number of hydrogen-bond acceptors (Lipinski definition) is 3. The Labute approximate surface area is 123 Å². The molecular formula is C16H28N2O2. The van der Waals surface area contributed by atoms with Gasteiger partial charge in [-0.15, -0.1) is 0 Å². The summed E-state index contributed by atoms with van der Waals surface area (Å²) in [5.74, 6) is 0.421. The molecule has 0 aromatic rings. The normalized spacial score (nSPS) is 18.4. The van der Waals surface area contributed by atoms with E-state index in [1.54, 1.807) is 7.11 Å². The van der Waals surface area contributed by atoms with E-state index < -0.39 is 5.41 Å². The van der Waals surface area contributed by atoms with Crippen molar-refractivity contribution >= 4 is 5.91 Å². The lowest BCUT2D eigenvalue weighted by atomic mass is 9.80. The van der Waals surface area contributed by atoms with E-state index in [0.717, 1.165) is 25.7 Å². The van der Waals surface area contributed by atoms with Gasteiger partial charge in [0.1, 0.15) is 5.41 Å². The summed E-state index contributed by atoms with van der Waals surface area (Å²) in [6.45, 7) is 6.00. The number of amides is 1. The van der Waals surface area contributed by atoms with Gasteiger partial charge in [-0.25, -0.2) is 0 Å². The zero-order chi connectivity index (χ0) is 15.0. The van der Waals surface area contributed by atoms with Gasteiger partial charge in [0.15, 0.2) is 0 Å². The van der Waals surface area contributed by atoms with Crippen molar-refractivity contribution in [2.24, 2.45) is 11.3 Å². The Hall–Kier alpha value is -1.08. The second kappa shape index (κ2) is 8.26. The van der Waals surface area contributed by atoms with E-state index in [1.165, 1.54) is 0 Å². The third kappa shape index (κ3) is 4.49. The maximum Gasteiger partial charge on any atom is 0.243 e. The zero-order valence-electron chi connectivity index (χ0n) is 13.2. The molecule has 4 nitrogen and oxygen atoms in total. The number of nitriles is 1. The first kappa shape index (κ1) is 17.0. The fourth-order valence-electron chi connectivity index (χ4n) is 2.93. The first-order valence-electron chi connectivity index (χ1n) is 7.75. The fourth-order valence-corrected chi connectivity index (χ4v) is 2.93. The number of hydrogen-bond donors (Lipinski definition) is 0. The molecule has 1 rings (SSSR count). The topological polar surface area (TPSA) is 53.3 Å². The van der Waals surface area contributed by atoms with Crippen molar-refractivity contribution in [3.63, 3.8) is 0 Å². The molecule has 0 heterocycles. The summed E-state index contributed by atoms with van der Waals surface area (Å²) in [5.41, 5.74) is -0.793. The molecule has 20 heavy (non-hydrogen) atoms. The monoisotopic (exact) mass is 280 g/mol. The summed E-state index contributed by atoms with van der Waals surface area (Å²) in [6, 6.07) is 2.36. The standard InChI is InChI=1S/C16H28N2O2/c1-14(2)12-18(10-11-20-3)15(19)16(13-17)8-6-4-5-7-9-16/h14H,4-12H2,1-3H3. The Morgan fingerprint density at radius 2 is 1.90 bits per heavy atom. The van der Waals surface area contributed by atoms with Crippen LogP contribution in [-0.4, -0.2) is 37.6 Å². The molecule has 0 radical (unpaired) electrons. The second-order valence-electron chi connectivity index (χ2n) is 6.25. The molecule has 0 unspecified atom stereocenters. The molecule has 0 aromatic carbocycles. The lowest BCUT2D eigenvalue weighted by Crippen LogP contribution is -2.46. The number of nitrogens with zero attached hydrogens (tertiary/aromatic N) is 2. The van der Waals surface area contributed by atoms with Gasteiger partial charge in [0, 0.05) is 20.2 Å². The molecule has 0 atom stereocenters. The van der Waals surface area contributed by atoms with Gasteiger partial charge in [-0.1, -0.05) is 39.5 Å². The zero-order valence-corrected chi connectivity index (χ0v) is 13.2. The number of methoxy groups -OCH3 is 1. The quantitative estimate of drug-likeness (QED) is 0.703. The van der Waals surface area contributed by atoms with E-state index in [-0.39, 0.29) is 5.91 Å². The molecule has 1 saturated carbocycles. The van der Waals surface area contributed by atoms with E-state index >= 15 is 0 Å². The molecule has 0 saturated heterocycles. The van der Waals surface area contributed by atoms with Crippen LogP contribution in [0, 0.1) is 22.7 Å². The predicted octanol–water partition coefficient (Wildman–Crippen LogP) is 2.98. The molecule has 0 spiro atoms. The maximum atomic E-state index is 12.9. The van der Waals surface area contributed by atoms with E-state index in [1.807, 2.05) is 4.90 Å². The summed E-state index contributed by atoms with van der Waals surface area (Å²) in [6.07, 6.45) is 5.67. The average Bonchev–Trinajstić information content (AvgIpc) is 2.68. The summed E-state index contributed by atoms with van der Waals surface area (Å²) in [7, 11) is 1.64. The van der Waals surface area contributed by atoms with Crippen LogP contribution in [0.4, 0.5) is 0 Å². The Morgan fingerprint density at radius 1 is 1.30 bits per heavy atom. The van der Waals surface area contributed by atoms with Gasteiger partial charge in [0.25, 0.3) is 0 Å². The molecular weight excluding hydrogens is 252 g/mol. The van der Waals surface area contributed by atoms with E-state index in [4.69, 9.17) is 4.74 Å². The molecule has 114 valence electrons. The maximum absolute atomic E-state index is 12.9. The number of ether oxygens (including phenoxy) is 1. The van der Waals surface area contributed by atoms with Gasteiger partial charge in [-0.05, 0) is 18.8 Å². The van der Waals surface area contributed by atoms with Gasteiger partial charge >= 0.3 is 0 Å². The molecule has 4 heteroatoms. The molecule has 1 amide bonds.